The van der Waals surface area contributed by atoms with Crippen LogP contribution in [-0.2, 0) is 5.41 Å². The Morgan fingerprint density at radius 2 is 0.941 bits per heavy atom. The van der Waals surface area contributed by atoms with Crippen molar-refractivity contribution in [2.75, 3.05) is 0 Å². The molecule has 0 radical (unpaired) electrons. The van der Waals surface area contributed by atoms with E-state index in [-0.39, 0.29) is 5.41 Å². The fourth-order valence-electron chi connectivity index (χ4n) is 8.01. The Balaban J connectivity index is 1.15. The topological polar surface area (TPSA) is 43.6 Å². The van der Waals surface area contributed by atoms with Crippen molar-refractivity contribution < 1.29 is 0 Å². The van der Waals surface area contributed by atoms with Crippen molar-refractivity contribution in [2.24, 2.45) is 0 Å². The van der Waals surface area contributed by atoms with Crippen LogP contribution in [0.3, 0.4) is 0 Å². The second-order valence-corrected chi connectivity index (χ2v) is 13.4. The molecule has 1 atom stereocenters. The van der Waals surface area contributed by atoms with E-state index in [9.17, 15) is 0 Å². The highest BCUT2D eigenvalue weighted by Crippen LogP contribution is 2.54. The Labute approximate surface area is 296 Å². The van der Waals surface area contributed by atoms with Gasteiger partial charge >= 0.3 is 0 Å². The summed E-state index contributed by atoms with van der Waals surface area (Å²) in [6, 6.07) is 62.3. The van der Waals surface area contributed by atoms with Crippen LogP contribution < -0.4 is 0 Å². The summed E-state index contributed by atoms with van der Waals surface area (Å²) in [6.07, 6.45) is 0. The Morgan fingerprint density at radius 1 is 0.412 bits per heavy atom. The van der Waals surface area contributed by atoms with Crippen LogP contribution in [0.4, 0.5) is 0 Å². The first-order valence-electron chi connectivity index (χ1n) is 17.4. The fraction of sp³-hybridized carbons (Fsp3) is 0.0426. The molecule has 240 valence electrons. The van der Waals surface area contributed by atoms with Gasteiger partial charge in [-0.2, -0.15) is 0 Å². The lowest BCUT2D eigenvalue weighted by Gasteiger charge is -2.28. The van der Waals surface area contributed by atoms with Gasteiger partial charge in [0.25, 0.3) is 0 Å². The molecule has 0 amide bonds. The third-order valence-corrected chi connectivity index (χ3v) is 10.5. The van der Waals surface area contributed by atoms with Crippen molar-refractivity contribution >= 4 is 21.8 Å². The minimum Gasteiger partial charge on any atom is -0.309 e. The molecule has 2 heterocycles. The summed E-state index contributed by atoms with van der Waals surface area (Å²) >= 11 is 0. The van der Waals surface area contributed by atoms with Crippen LogP contribution >= 0.6 is 0 Å². The Hall–Kier alpha value is -6.65. The number of benzene rings is 7. The fourth-order valence-corrected chi connectivity index (χ4v) is 8.01. The molecule has 51 heavy (non-hydrogen) atoms. The van der Waals surface area contributed by atoms with Crippen molar-refractivity contribution in [3.63, 3.8) is 0 Å². The van der Waals surface area contributed by atoms with Crippen LogP contribution in [0.2, 0.25) is 0 Å². The van der Waals surface area contributed by atoms with Gasteiger partial charge in [0.05, 0.1) is 11.0 Å². The molecule has 4 nitrogen and oxygen atoms in total. The average molecular weight is 653 g/mol. The molecule has 0 aliphatic heterocycles. The smallest absolute Gasteiger partial charge is 0.164 e. The zero-order valence-electron chi connectivity index (χ0n) is 28.0. The molecule has 0 fully saturated rings. The Kier molecular flexibility index (Phi) is 6.58. The molecule has 0 N–H and O–H groups in total. The van der Waals surface area contributed by atoms with Gasteiger partial charge in [-0.15, -0.1) is 0 Å². The van der Waals surface area contributed by atoms with Gasteiger partial charge in [-0.3, -0.25) is 0 Å². The molecule has 0 bridgehead atoms. The van der Waals surface area contributed by atoms with E-state index in [1.807, 2.05) is 60.7 Å². The Bertz CT molecular complexity index is 2680. The molecule has 9 aromatic rings. The lowest BCUT2D eigenvalue weighted by Crippen LogP contribution is -2.22. The Morgan fingerprint density at radius 3 is 1.59 bits per heavy atom. The lowest BCUT2D eigenvalue weighted by atomic mass is 9.74. The zero-order chi connectivity index (χ0) is 33.9. The normalized spacial score (nSPS) is 14.8. The van der Waals surface area contributed by atoms with Crippen molar-refractivity contribution in [2.45, 2.75) is 12.3 Å². The summed E-state index contributed by atoms with van der Waals surface area (Å²) in [5.41, 5.74) is 12.6. The van der Waals surface area contributed by atoms with Crippen LogP contribution in [-0.4, -0.2) is 19.5 Å². The molecule has 10 rings (SSSR count). The van der Waals surface area contributed by atoms with E-state index in [2.05, 4.69) is 127 Å². The number of hydrogen-bond acceptors (Lipinski definition) is 3. The highest BCUT2D eigenvalue weighted by atomic mass is 15.0. The summed E-state index contributed by atoms with van der Waals surface area (Å²) in [7, 11) is 0. The second kappa shape index (κ2) is 11.5. The van der Waals surface area contributed by atoms with Gasteiger partial charge in [0.15, 0.2) is 17.5 Å². The number of aromatic nitrogens is 4. The molecule has 0 saturated carbocycles. The molecule has 0 saturated heterocycles. The minimum absolute atomic E-state index is 0.280. The molecule has 4 heteroatoms. The maximum Gasteiger partial charge on any atom is 0.164 e. The van der Waals surface area contributed by atoms with Crippen molar-refractivity contribution in [3.8, 4) is 51.0 Å². The second-order valence-electron chi connectivity index (χ2n) is 13.4. The molecule has 0 spiro atoms. The number of rotatable bonds is 5. The number of hydrogen-bond donors (Lipinski definition) is 0. The SMILES string of the molecule is CC1(c2ccccc2)c2ccccc2-c2cc3c4ccccc4n(-c4ccc(-c5nc(-c6ccccc6)nc(-c6ccccc6)n5)cc4)c3cc21. The van der Waals surface area contributed by atoms with E-state index >= 15 is 0 Å². The highest BCUT2D eigenvalue weighted by Gasteiger charge is 2.41. The van der Waals surface area contributed by atoms with Gasteiger partial charge in [0, 0.05) is 38.6 Å². The van der Waals surface area contributed by atoms with E-state index in [4.69, 9.17) is 15.0 Å². The number of nitrogens with zero attached hydrogens (tertiary/aromatic N) is 4. The van der Waals surface area contributed by atoms with Crippen LogP contribution in [0, 0.1) is 0 Å². The molecule has 1 aliphatic carbocycles. The first-order chi connectivity index (χ1) is 25.2. The molecule has 1 unspecified atom stereocenters. The predicted molar refractivity (Wildman–Crippen MR) is 208 cm³/mol. The summed E-state index contributed by atoms with van der Waals surface area (Å²) in [5.74, 6) is 1.95. The van der Waals surface area contributed by atoms with Crippen LogP contribution in [0.25, 0.3) is 72.8 Å². The maximum atomic E-state index is 4.97. The summed E-state index contributed by atoms with van der Waals surface area (Å²) in [4.78, 5) is 14.8. The van der Waals surface area contributed by atoms with Gasteiger partial charge in [0.2, 0.25) is 0 Å². The lowest BCUT2D eigenvalue weighted by molar-refractivity contribution is 0.714. The van der Waals surface area contributed by atoms with Crippen molar-refractivity contribution in [3.05, 3.63) is 193 Å². The summed E-state index contributed by atoms with van der Waals surface area (Å²) in [5, 5.41) is 2.49. The van der Waals surface area contributed by atoms with E-state index in [0.717, 1.165) is 22.4 Å². The van der Waals surface area contributed by atoms with Crippen LogP contribution in [0.1, 0.15) is 23.6 Å². The van der Waals surface area contributed by atoms with Crippen molar-refractivity contribution in [1.29, 1.82) is 0 Å². The number of para-hydroxylation sites is 1. The van der Waals surface area contributed by atoms with Gasteiger partial charge in [-0.25, -0.2) is 15.0 Å². The molecular weight excluding hydrogens is 621 g/mol. The highest BCUT2D eigenvalue weighted by molar-refractivity contribution is 6.11. The van der Waals surface area contributed by atoms with Crippen LogP contribution in [0.5, 0.6) is 0 Å². The standard InChI is InChI=1S/C47H32N4/c1-47(34-19-9-4-10-20-34)40-23-13-11-21-36(40)38-29-39-37-22-12-14-24-42(37)51(43(39)30-41(38)47)35-27-25-33(26-28-35)46-49-44(31-15-5-2-6-16-31)48-45(50-46)32-17-7-3-8-18-32/h2-30H,1H3. The first-order valence-corrected chi connectivity index (χ1v) is 17.4. The maximum absolute atomic E-state index is 4.97. The third kappa shape index (κ3) is 4.57. The molecule has 1 aliphatic rings. The monoisotopic (exact) mass is 652 g/mol. The third-order valence-electron chi connectivity index (χ3n) is 10.5. The molecular formula is C47H32N4. The predicted octanol–water partition coefficient (Wildman–Crippen LogP) is 11.3. The van der Waals surface area contributed by atoms with Crippen LogP contribution in [0.15, 0.2) is 176 Å². The zero-order valence-corrected chi connectivity index (χ0v) is 28.0. The van der Waals surface area contributed by atoms with E-state index < -0.39 is 0 Å². The summed E-state index contributed by atoms with van der Waals surface area (Å²) < 4.78 is 2.40. The van der Waals surface area contributed by atoms with Crippen molar-refractivity contribution in [1.82, 2.24) is 19.5 Å². The largest absolute Gasteiger partial charge is 0.309 e. The quantitative estimate of drug-likeness (QED) is 0.186. The number of fused-ring (bicyclic) bond motifs is 6. The van der Waals surface area contributed by atoms with Gasteiger partial charge in [-0.05, 0) is 77.2 Å². The average Bonchev–Trinajstić information content (AvgIpc) is 3.67. The van der Waals surface area contributed by atoms with Gasteiger partial charge in [0.1, 0.15) is 0 Å². The van der Waals surface area contributed by atoms with Gasteiger partial charge < -0.3 is 4.57 Å². The summed E-state index contributed by atoms with van der Waals surface area (Å²) in [6.45, 7) is 2.38. The molecule has 2 aromatic heterocycles. The minimum atomic E-state index is -0.280. The van der Waals surface area contributed by atoms with E-state index in [1.54, 1.807) is 0 Å². The molecule has 7 aromatic carbocycles. The first kappa shape index (κ1) is 29.3. The van der Waals surface area contributed by atoms with E-state index in [1.165, 1.54) is 49.6 Å². The van der Waals surface area contributed by atoms with E-state index in [0.29, 0.717) is 17.5 Å². The van der Waals surface area contributed by atoms with Gasteiger partial charge in [-0.1, -0.05) is 133 Å².